The molecule has 3 heteroatoms. The molecule has 0 aliphatic carbocycles. The summed E-state index contributed by atoms with van der Waals surface area (Å²) in [5, 5.41) is 3.75. The standard InChI is InChI=1S/C16H9ClN2/c17-14-11-5-1-2-6-13(11)19-16-12(14)8-7-10-4-3-9-18-15(10)16/h1-9H. The van der Waals surface area contributed by atoms with Crippen molar-refractivity contribution in [1.29, 1.82) is 0 Å². The van der Waals surface area contributed by atoms with Crippen molar-refractivity contribution in [3.63, 3.8) is 0 Å². The molecule has 2 aromatic heterocycles. The number of hydrogen-bond donors (Lipinski definition) is 0. The maximum absolute atomic E-state index is 6.51. The van der Waals surface area contributed by atoms with Crippen molar-refractivity contribution in [1.82, 2.24) is 9.97 Å². The number of para-hydroxylation sites is 1. The van der Waals surface area contributed by atoms with Crippen molar-refractivity contribution in [3.8, 4) is 0 Å². The van der Waals surface area contributed by atoms with Crippen molar-refractivity contribution < 1.29 is 0 Å². The smallest absolute Gasteiger partial charge is 0.0987 e. The number of aromatic nitrogens is 2. The minimum Gasteiger partial charge on any atom is -0.254 e. The van der Waals surface area contributed by atoms with Crippen LogP contribution in [0.5, 0.6) is 0 Å². The van der Waals surface area contributed by atoms with Crippen LogP contribution in [0.3, 0.4) is 0 Å². The van der Waals surface area contributed by atoms with E-state index < -0.39 is 0 Å². The minimum absolute atomic E-state index is 0.744. The van der Waals surface area contributed by atoms with E-state index in [-0.39, 0.29) is 0 Å². The lowest BCUT2D eigenvalue weighted by atomic mass is 10.1. The van der Waals surface area contributed by atoms with Crippen LogP contribution in [0.1, 0.15) is 0 Å². The van der Waals surface area contributed by atoms with Gasteiger partial charge in [0, 0.05) is 22.4 Å². The van der Waals surface area contributed by atoms with Gasteiger partial charge in [-0.15, -0.1) is 0 Å². The van der Waals surface area contributed by atoms with Gasteiger partial charge in [-0.25, -0.2) is 4.98 Å². The first-order valence-corrected chi connectivity index (χ1v) is 6.44. The fourth-order valence-corrected chi connectivity index (χ4v) is 2.75. The van der Waals surface area contributed by atoms with Gasteiger partial charge in [-0.2, -0.15) is 0 Å². The summed E-state index contributed by atoms with van der Waals surface area (Å²) in [6.45, 7) is 0. The molecule has 0 saturated heterocycles. The van der Waals surface area contributed by atoms with Crippen LogP contribution in [0, 0.1) is 0 Å². The first kappa shape index (κ1) is 10.7. The fraction of sp³-hybridized carbons (Fsp3) is 0. The highest BCUT2D eigenvalue weighted by molar-refractivity contribution is 6.41. The Balaban J connectivity index is 2.32. The highest BCUT2D eigenvalue weighted by Crippen LogP contribution is 2.33. The predicted molar refractivity (Wildman–Crippen MR) is 79.6 cm³/mol. The molecule has 19 heavy (non-hydrogen) atoms. The topological polar surface area (TPSA) is 25.8 Å². The van der Waals surface area contributed by atoms with Gasteiger partial charge in [0.2, 0.25) is 0 Å². The maximum Gasteiger partial charge on any atom is 0.0987 e. The molecule has 2 aromatic carbocycles. The van der Waals surface area contributed by atoms with Crippen LogP contribution >= 0.6 is 11.6 Å². The molecule has 4 rings (SSSR count). The third kappa shape index (κ3) is 1.50. The Bertz CT molecular complexity index is 931. The molecule has 0 radical (unpaired) electrons. The Morgan fingerprint density at radius 2 is 1.68 bits per heavy atom. The third-order valence-corrected chi connectivity index (χ3v) is 3.76. The third-order valence-electron chi connectivity index (χ3n) is 3.36. The number of benzene rings is 2. The average molecular weight is 265 g/mol. The van der Waals surface area contributed by atoms with Crippen molar-refractivity contribution in [2.75, 3.05) is 0 Å². The zero-order chi connectivity index (χ0) is 12.8. The highest BCUT2D eigenvalue weighted by atomic mass is 35.5. The molecule has 0 aliphatic heterocycles. The molecular weight excluding hydrogens is 256 g/mol. The molecule has 90 valence electrons. The van der Waals surface area contributed by atoms with Crippen LogP contribution in [0.25, 0.3) is 32.7 Å². The van der Waals surface area contributed by atoms with Crippen LogP contribution in [0.4, 0.5) is 0 Å². The molecule has 0 bridgehead atoms. The highest BCUT2D eigenvalue weighted by Gasteiger charge is 2.09. The zero-order valence-corrected chi connectivity index (χ0v) is 10.7. The van der Waals surface area contributed by atoms with Crippen LogP contribution in [0.15, 0.2) is 54.7 Å². The van der Waals surface area contributed by atoms with Crippen LogP contribution in [0.2, 0.25) is 5.02 Å². The second kappa shape index (κ2) is 3.90. The van der Waals surface area contributed by atoms with Crippen molar-refractivity contribution in [2.24, 2.45) is 0 Å². The molecule has 4 aromatic rings. The minimum atomic E-state index is 0.744. The number of fused-ring (bicyclic) bond motifs is 4. The van der Waals surface area contributed by atoms with Gasteiger partial charge in [-0.1, -0.05) is 48.0 Å². The number of hydrogen-bond acceptors (Lipinski definition) is 2. The Hall–Kier alpha value is -2.19. The summed E-state index contributed by atoms with van der Waals surface area (Å²) < 4.78 is 0. The predicted octanol–water partition coefficient (Wildman–Crippen LogP) is 4.59. The van der Waals surface area contributed by atoms with E-state index in [1.807, 2.05) is 48.5 Å². The normalized spacial score (nSPS) is 11.4. The van der Waals surface area contributed by atoms with Gasteiger partial charge in [0.1, 0.15) is 0 Å². The van der Waals surface area contributed by atoms with E-state index in [2.05, 4.69) is 4.98 Å². The Morgan fingerprint density at radius 1 is 0.789 bits per heavy atom. The lowest BCUT2D eigenvalue weighted by Gasteiger charge is -2.07. The van der Waals surface area contributed by atoms with E-state index >= 15 is 0 Å². The Labute approximate surface area is 114 Å². The molecule has 0 spiro atoms. The first-order valence-electron chi connectivity index (χ1n) is 6.06. The van der Waals surface area contributed by atoms with Gasteiger partial charge in [-0.05, 0) is 12.1 Å². The zero-order valence-electron chi connectivity index (χ0n) is 9.97. The molecule has 0 N–H and O–H groups in total. The van der Waals surface area contributed by atoms with Crippen molar-refractivity contribution in [2.45, 2.75) is 0 Å². The van der Waals surface area contributed by atoms with Crippen LogP contribution in [-0.4, -0.2) is 9.97 Å². The summed E-state index contributed by atoms with van der Waals surface area (Å²) in [5.41, 5.74) is 2.66. The van der Waals surface area contributed by atoms with Gasteiger partial charge < -0.3 is 0 Å². The van der Waals surface area contributed by atoms with Gasteiger partial charge >= 0.3 is 0 Å². The molecule has 0 fully saturated rings. The number of rotatable bonds is 0. The molecule has 0 saturated carbocycles. The van der Waals surface area contributed by atoms with Crippen LogP contribution < -0.4 is 0 Å². The molecule has 2 heterocycles. The second-order valence-electron chi connectivity index (χ2n) is 4.48. The quantitative estimate of drug-likeness (QED) is 0.343. The molecule has 0 amide bonds. The van der Waals surface area contributed by atoms with Gasteiger partial charge in [0.15, 0.2) is 0 Å². The summed E-state index contributed by atoms with van der Waals surface area (Å²) in [6, 6.07) is 15.9. The average Bonchev–Trinajstić information content (AvgIpc) is 2.47. The number of nitrogens with zero attached hydrogens (tertiary/aromatic N) is 2. The lowest BCUT2D eigenvalue weighted by Crippen LogP contribution is -1.88. The van der Waals surface area contributed by atoms with Crippen molar-refractivity contribution >= 4 is 44.3 Å². The Kier molecular flexibility index (Phi) is 2.20. The summed E-state index contributed by atoms with van der Waals surface area (Å²) in [6.07, 6.45) is 1.78. The summed E-state index contributed by atoms with van der Waals surface area (Å²) in [4.78, 5) is 9.16. The summed E-state index contributed by atoms with van der Waals surface area (Å²) in [5.74, 6) is 0. The first-order chi connectivity index (χ1) is 9.34. The van der Waals surface area contributed by atoms with E-state index in [0.29, 0.717) is 0 Å². The monoisotopic (exact) mass is 264 g/mol. The Morgan fingerprint density at radius 3 is 2.63 bits per heavy atom. The van der Waals surface area contributed by atoms with Gasteiger partial charge in [0.05, 0.1) is 21.6 Å². The van der Waals surface area contributed by atoms with E-state index in [9.17, 15) is 0 Å². The molecule has 2 nitrogen and oxygen atoms in total. The van der Waals surface area contributed by atoms with E-state index in [0.717, 1.165) is 37.7 Å². The van der Waals surface area contributed by atoms with Crippen LogP contribution in [-0.2, 0) is 0 Å². The lowest BCUT2D eigenvalue weighted by molar-refractivity contribution is 1.40. The summed E-state index contributed by atoms with van der Waals surface area (Å²) in [7, 11) is 0. The van der Waals surface area contributed by atoms with Crippen molar-refractivity contribution in [3.05, 3.63) is 59.8 Å². The van der Waals surface area contributed by atoms with Gasteiger partial charge in [-0.3, -0.25) is 4.98 Å². The van der Waals surface area contributed by atoms with E-state index in [4.69, 9.17) is 16.6 Å². The summed E-state index contributed by atoms with van der Waals surface area (Å²) >= 11 is 6.51. The molecule has 0 atom stereocenters. The van der Waals surface area contributed by atoms with E-state index in [1.165, 1.54) is 0 Å². The number of halogens is 1. The fourth-order valence-electron chi connectivity index (χ4n) is 2.44. The van der Waals surface area contributed by atoms with E-state index in [1.54, 1.807) is 6.20 Å². The molecule has 0 unspecified atom stereocenters. The largest absolute Gasteiger partial charge is 0.254 e. The molecular formula is C16H9ClN2. The second-order valence-corrected chi connectivity index (χ2v) is 4.86. The molecule has 0 aliphatic rings. The number of pyridine rings is 2. The SMILES string of the molecule is Clc1c2ccccc2nc2c1ccc1cccnc12. The maximum atomic E-state index is 6.51. The van der Waals surface area contributed by atoms with Gasteiger partial charge in [0.25, 0.3) is 0 Å².